The van der Waals surface area contributed by atoms with Crippen LogP contribution in [0.5, 0.6) is 0 Å². The molecule has 0 saturated heterocycles. The van der Waals surface area contributed by atoms with Gasteiger partial charge in [-0.2, -0.15) is 0 Å². The van der Waals surface area contributed by atoms with Crippen molar-refractivity contribution in [3.05, 3.63) is 63.6 Å². The van der Waals surface area contributed by atoms with Crippen LogP contribution >= 0.6 is 15.9 Å². The van der Waals surface area contributed by atoms with Crippen LogP contribution < -0.4 is 10.2 Å². The van der Waals surface area contributed by atoms with E-state index >= 15 is 0 Å². The molecular weight excluding hydrogens is 328 g/mol. The van der Waals surface area contributed by atoms with E-state index in [0.717, 1.165) is 24.0 Å². The topological polar surface area (TPSA) is 32.3 Å². The molecule has 1 N–H and O–H groups in total. The maximum atomic E-state index is 11.5. The van der Waals surface area contributed by atoms with Gasteiger partial charge in [-0.15, -0.1) is 0 Å². The van der Waals surface area contributed by atoms with Crippen molar-refractivity contribution in [2.45, 2.75) is 13.0 Å². The average molecular weight is 345 g/mol. The van der Waals surface area contributed by atoms with Crippen LogP contribution in [0.15, 0.2) is 46.9 Å². The molecule has 0 atom stereocenters. The number of anilines is 1. The molecule has 1 aliphatic heterocycles. The van der Waals surface area contributed by atoms with Gasteiger partial charge in [0.2, 0.25) is 0 Å². The van der Waals surface area contributed by atoms with Crippen LogP contribution in [0.1, 0.15) is 21.5 Å². The molecule has 0 spiro atoms. The smallest absolute Gasteiger partial charge is 0.251 e. The summed E-state index contributed by atoms with van der Waals surface area (Å²) >= 11 is 3.52. The zero-order chi connectivity index (χ0) is 14.8. The SMILES string of the molecule is CNC(=O)c1ccc(CN2CCc3cc(Br)ccc32)cc1. The van der Waals surface area contributed by atoms with E-state index in [2.05, 4.69) is 44.3 Å². The van der Waals surface area contributed by atoms with Crippen LogP contribution in [-0.2, 0) is 13.0 Å². The Morgan fingerprint density at radius 2 is 2.00 bits per heavy atom. The number of carbonyl (C=O) groups excluding carboxylic acids is 1. The zero-order valence-electron chi connectivity index (χ0n) is 11.9. The van der Waals surface area contributed by atoms with Gasteiger partial charge in [0.1, 0.15) is 0 Å². The Kier molecular flexibility index (Phi) is 3.97. The summed E-state index contributed by atoms with van der Waals surface area (Å²) in [5.74, 6) is -0.0436. The van der Waals surface area contributed by atoms with Crippen molar-refractivity contribution in [2.24, 2.45) is 0 Å². The Hall–Kier alpha value is -1.81. The first-order chi connectivity index (χ1) is 10.2. The molecule has 1 heterocycles. The Morgan fingerprint density at radius 3 is 2.71 bits per heavy atom. The summed E-state index contributed by atoms with van der Waals surface area (Å²) in [6.45, 7) is 1.92. The van der Waals surface area contributed by atoms with Crippen LogP contribution in [0, 0.1) is 0 Å². The summed E-state index contributed by atoms with van der Waals surface area (Å²) in [6.07, 6.45) is 1.09. The summed E-state index contributed by atoms with van der Waals surface area (Å²) < 4.78 is 1.14. The van der Waals surface area contributed by atoms with Crippen molar-refractivity contribution in [1.82, 2.24) is 5.32 Å². The average Bonchev–Trinajstić information content (AvgIpc) is 2.89. The summed E-state index contributed by atoms with van der Waals surface area (Å²) in [7, 11) is 1.65. The molecule has 0 saturated carbocycles. The second-order valence-electron chi connectivity index (χ2n) is 5.22. The molecule has 2 aromatic carbocycles. The largest absolute Gasteiger partial charge is 0.367 e. The van der Waals surface area contributed by atoms with Crippen LogP contribution in [0.2, 0.25) is 0 Å². The van der Waals surface area contributed by atoms with Crippen molar-refractivity contribution in [3.8, 4) is 0 Å². The molecule has 21 heavy (non-hydrogen) atoms. The first-order valence-corrected chi connectivity index (χ1v) is 7.81. The number of carbonyl (C=O) groups is 1. The van der Waals surface area contributed by atoms with Gasteiger partial charge in [0, 0.05) is 35.9 Å². The maximum absolute atomic E-state index is 11.5. The van der Waals surface area contributed by atoms with Gasteiger partial charge in [0.05, 0.1) is 0 Å². The lowest BCUT2D eigenvalue weighted by molar-refractivity contribution is 0.0963. The minimum Gasteiger partial charge on any atom is -0.367 e. The third-order valence-corrected chi connectivity index (χ3v) is 4.34. The van der Waals surface area contributed by atoms with Crippen molar-refractivity contribution in [3.63, 3.8) is 0 Å². The fourth-order valence-corrected chi connectivity index (χ4v) is 3.14. The highest BCUT2D eigenvalue weighted by Crippen LogP contribution is 2.31. The number of benzene rings is 2. The van der Waals surface area contributed by atoms with E-state index in [-0.39, 0.29) is 5.91 Å². The standard InChI is InChI=1S/C17H17BrN2O/c1-19-17(21)13-4-2-12(3-5-13)11-20-9-8-14-10-15(18)6-7-16(14)20/h2-7,10H,8-9,11H2,1H3,(H,19,21). The number of rotatable bonds is 3. The van der Waals surface area contributed by atoms with Gasteiger partial charge in [0.25, 0.3) is 5.91 Å². The van der Waals surface area contributed by atoms with Crippen LogP contribution in [0.25, 0.3) is 0 Å². The molecule has 1 amide bonds. The van der Waals surface area contributed by atoms with E-state index < -0.39 is 0 Å². The number of hydrogen-bond acceptors (Lipinski definition) is 2. The van der Waals surface area contributed by atoms with Crippen molar-refractivity contribution in [2.75, 3.05) is 18.5 Å². The maximum Gasteiger partial charge on any atom is 0.251 e. The molecule has 4 heteroatoms. The Bertz CT molecular complexity index is 667. The normalized spacial score (nSPS) is 13.1. The lowest BCUT2D eigenvalue weighted by Crippen LogP contribution is -2.20. The lowest BCUT2D eigenvalue weighted by atomic mass is 10.1. The highest BCUT2D eigenvalue weighted by molar-refractivity contribution is 9.10. The predicted octanol–water partition coefficient (Wildman–Crippen LogP) is 3.37. The second-order valence-corrected chi connectivity index (χ2v) is 6.14. The number of fused-ring (bicyclic) bond motifs is 1. The van der Waals surface area contributed by atoms with Crippen molar-refractivity contribution < 1.29 is 4.79 Å². The molecule has 0 radical (unpaired) electrons. The van der Waals surface area contributed by atoms with Crippen LogP contribution in [-0.4, -0.2) is 19.5 Å². The molecule has 0 aromatic heterocycles. The van der Waals surface area contributed by atoms with Gasteiger partial charge >= 0.3 is 0 Å². The summed E-state index contributed by atoms with van der Waals surface area (Å²) in [4.78, 5) is 13.9. The van der Waals surface area contributed by atoms with Gasteiger partial charge in [0.15, 0.2) is 0 Å². The number of hydrogen-bond donors (Lipinski definition) is 1. The highest BCUT2D eigenvalue weighted by Gasteiger charge is 2.19. The lowest BCUT2D eigenvalue weighted by Gasteiger charge is -2.19. The summed E-state index contributed by atoms with van der Waals surface area (Å²) in [6, 6.07) is 14.3. The van der Waals surface area contributed by atoms with Gasteiger partial charge in [-0.05, 0) is 47.9 Å². The first-order valence-electron chi connectivity index (χ1n) is 7.02. The van der Waals surface area contributed by atoms with Crippen molar-refractivity contribution >= 4 is 27.5 Å². The molecule has 3 rings (SSSR count). The fraction of sp³-hybridized carbons (Fsp3) is 0.235. The number of nitrogens with zero attached hydrogens (tertiary/aromatic N) is 1. The molecule has 3 nitrogen and oxygen atoms in total. The van der Waals surface area contributed by atoms with Crippen LogP contribution in [0.4, 0.5) is 5.69 Å². The van der Waals surface area contributed by atoms with E-state index in [4.69, 9.17) is 0 Å². The van der Waals surface area contributed by atoms with E-state index in [0.29, 0.717) is 5.56 Å². The molecular formula is C17H17BrN2O. The third-order valence-electron chi connectivity index (χ3n) is 3.85. The minimum absolute atomic E-state index is 0.0436. The third kappa shape index (κ3) is 2.95. The first kappa shape index (κ1) is 14.1. The van der Waals surface area contributed by atoms with E-state index in [1.54, 1.807) is 7.05 Å². The van der Waals surface area contributed by atoms with E-state index in [1.165, 1.54) is 16.8 Å². The van der Waals surface area contributed by atoms with Gasteiger partial charge in [-0.3, -0.25) is 4.79 Å². The highest BCUT2D eigenvalue weighted by atomic mass is 79.9. The molecule has 0 bridgehead atoms. The monoisotopic (exact) mass is 344 g/mol. The Labute approximate surface area is 133 Å². The molecule has 0 unspecified atom stereocenters. The van der Waals surface area contributed by atoms with Gasteiger partial charge in [-0.25, -0.2) is 0 Å². The summed E-state index contributed by atoms with van der Waals surface area (Å²) in [5, 5.41) is 2.64. The molecule has 2 aromatic rings. The van der Waals surface area contributed by atoms with Crippen LogP contribution in [0.3, 0.4) is 0 Å². The Balaban J connectivity index is 1.75. The van der Waals surface area contributed by atoms with Gasteiger partial charge in [-0.1, -0.05) is 28.1 Å². The molecule has 108 valence electrons. The van der Waals surface area contributed by atoms with Crippen molar-refractivity contribution in [1.29, 1.82) is 0 Å². The molecule has 0 aliphatic carbocycles. The predicted molar refractivity (Wildman–Crippen MR) is 88.7 cm³/mol. The number of nitrogens with one attached hydrogen (secondary N) is 1. The fourth-order valence-electron chi connectivity index (χ4n) is 2.73. The van der Waals surface area contributed by atoms with E-state index in [9.17, 15) is 4.79 Å². The van der Waals surface area contributed by atoms with E-state index in [1.807, 2.05) is 24.3 Å². The zero-order valence-corrected chi connectivity index (χ0v) is 13.5. The molecule has 0 fully saturated rings. The minimum atomic E-state index is -0.0436. The molecule has 1 aliphatic rings. The summed E-state index contributed by atoms with van der Waals surface area (Å²) in [5.41, 5.74) is 4.63. The second kappa shape index (κ2) is 5.90. The Morgan fingerprint density at radius 1 is 1.24 bits per heavy atom. The van der Waals surface area contributed by atoms with Gasteiger partial charge < -0.3 is 10.2 Å². The number of amides is 1. The number of halogens is 1. The quantitative estimate of drug-likeness (QED) is 0.925.